The van der Waals surface area contributed by atoms with E-state index in [4.69, 9.17) is 9.72 Å². The number of nitrogens with one attached hydrogen (secondary N) is 2. The molecule has 1 aliphatic rings. The highest BCUT2D eigenvalue weighted by molar-refractivity contribution is 7.13. The maximum absolute atomic E-state index is 13.2. The van der Waals surface area contributed by atoms with Gasteiger partial charge in [0.15, 0.2) is 0 Å². The van der Waals surface area contributed by atoms with Crippen LogP contribution in [-0.2, 0) is 0 Å². The van der Waals surface area contributed by atoms with Crippen molar-refractivity contribution in [2.75, 3.05) is 13.7 Å². The molecule has 0 aliphatic heterocycles. The van der Waals surface area contributed by atoms with Gasteiger partial charge in [-0.3, -0.25) is 4.79 Å². The predicted octanol–water partition coefficient (Wildman–Crippen LogP) is 5.12. The Morgan fingerprint density at radius 1 is 1.27 bits per heavy atom. The van der Waals surface area contributed by atoms with Gasteiger partial charge in [-0.05, 0) is 55.7 Å². The van der Waals surface area contributed by atoms with E-state index in [-0.39, 0.29) is 18.0 Å². The van der Waals surface area contributed by atoms with Crippen LogP contribution in [0.2, 0.25) is 0 Å². The Morgan fingerprint density at radius 3 is 2.70 bits per heavy atom. The molecule has 0 unspecified atom stereocenters. The van der Waals surface area contributed by atoms with E-state index in [1.165, 1.54) is 0 Å². The summed E-state index contributed by atoms with van der Waals surface area (Å²) in [5.41, 5.74) is 1.79. The Balaban J connectivity index is 1.47. The number of carbonyl (C=O) groups is 2. The van der Waals surface area contributed by atoms with Crippen LogP contribution >= 0.6 is 11.3 Å². The molecule has 2 heterocycles. The highest BCUT2D eigenvalue weighted by atomic mass is 32.1. The van der Waals surface area contributed by atoms with Gasteiger partial charge < -0.3 is 25.0 Å². The largest absolute Gasteiger partial charge is 0.494 e. The second-order valence-corrected chi connectivity index (χ2v) is 9.36. The summed E-state index contributed by atoms with van der Waals surface area (Å²) in [6.07, 6.45) is 4.00. The molecule has 0 saturated heterocycles. The van der Waals surface area contributed by atoms with E-state index in [1.54, 1.807) is 35.5 Å². The number of nitrogens with zero attached hydrogens (tertiary/aromatic N) is 2. The van der Waals surface area contributed by atoms with Crippen LogP contribution in [0.1, 0.15) is 55.8 Å². The zero-order valence-corrected chi connectivity index (χ0v) is 19.8. The summed E-state index contributed by atoms with van der Waals surface area (Å²) in [6.45, 7) is 2.63. The number of amides is 2. The molecule has 1 aromatic carbocycles. The van der Waals surface area contributed by atoms with Gasteiger partial charge in [-0.15, -0.1) is 11.3 Å². The van der Waals surface area contributed by atoms with Gasteiger partial charge in [0.25, 0.3) is 5.91 Å². The molecule has 1 aliphatic carbocycles. The van der Waals surface area contributed by atoms with E-state index in [0.717, 1.165) is 43.4 Å². The second kappa shape index (κ2) is 10.2. The first kappa shape index (κ1) is 23.1. The van der Waals surface area contributed by atoms with Crippen LogP contribution in [0.25, 0.3) is 21.7 Å². The van der Waals surface area contributed by atoms with Gasteiger partial charge in [0, 0.05) is 18.6 Å². The number of hydrogen-bond donors (Lipinski definition) is 3. The third-order valence-corrected chi connectivity index (χ3v) is 7.17. The summed E-state index contributed by atoms with van der Waals surface area (Å²) >= 11 is 1.58. The number of fused-ring (bicyclic) bond motifs is 1. The van der Waals surface area contributed by atoms with Gasteiger partial charge in [-0.25, -0.2) is 9.78 Å². The summed E-state index contributed by atoms with van der Waals surface area (Å²) in [7, 11) is 1.60. The fourth-order valence-electron chi connectivity index (χ4n) is 4.51. The summed E-state index contributed by atoms with van der Waals surface area (Å²) in [6, 6.07) is 7.51. The van der Waals surface area contributed by atoms with Gasteiger partial charge in [-0.2, -0.15) is 0 Å². The van der Waals surface area contributed by atoms with Crippen molar-refractivity contribution in [1.82, 2.24) is 20.2 Å². The smallest absolute Gasteiger partial charge is 0.407 e. The molecule has 4 rings (SSSR count). The Morgan fingerprint density at radius 2 is 2.06 bits per heavy atom. The Labute approximate surface area is 197 Å². The average Bonchev–Trinajstić information content (AvgIpc) is 3.49. The van der Waals surface area contributed by atoms with E-state index in [1.807, 2.05) is 17.5 Å². The van der Waals surface area contributed by atoms with Gasteiger partial charge in [-0.1, -0.05) is 19.4 Å². The summed E-state index contributed by atoms with van der Waals surface area (Å²) < 4.78 is 5.47. The second-order valence-electron chi connectivity index (χ2n) is 8.41. The van der Waals surface area contributed by atoms with Crippen molar-refractivity contribution in [3.63, 3.8) is 0 Å². The predicted molar refractivity (Wildman–Crippen MR) is 129 cm³/mol. The third-order valence-electron chi connectivity index (χ3n) is 6.30. The number of unbranched alkanes of at least 4 members (excludes halogenated alkanes) is 1. The monoisotopic (exact) mass is 470 g/mol. The number of imidazole rings is 1. The van der Waals surface area contributed by atoms with Crippen molar-refractivity contribution in [1.29, 1.82) is 0 Å². The van der Waals surface area contributed by atoms with Crippen LogP contribution in [0.15, 0.2) is 29.6 Å². The number of benzene rings is 1. The number of carboxylic acid groups (broad SMARTS) is 1. The Bertz CT molecular complexity index is 1100. The molecule has 2 amide bonds. The van der Waals surface area contributed by atoms with Crippen molar-refractivity contribution in [2.24, 2.45) is 0 Å². The molecule has 0 radical (unpaired) electrons. The van der Waals surface area contributed by atoms with E-state index in [9.17, 15) is 14.7 Å². The van der Waals surface area contributed by atoms with Crippen LogP contribution in [0.4, 0.5) is 4.79 Å². The van der Waals surface area contributed by atoms with Crippen LogP contribution in [-0.4, -0.2) is 57.7 Å². The fourth-order valence-corrected chi connectivity index (χ4v) is 5.18. The number of H-pyrrole nitrogens is 1. The number of rotatable bonds is 8. The number of carbonyl (C=O) groups excluding carboxylic acids is 1. The van der Waals surface area contributed by atoms with Gasteiger partial charge >= 0.3 is 6.09 Å². The number of ether oxygens (including phenoxy) is 1. The van der Waals surface area contributed by atoms with Crippen molar-refractivity contribution in [3.05, 3.63) is 35.2 Å². The maximum Gasteiger partial charge on any atom is 0.407 e. The molecule has 8 nitrogen and oxygen atoms in total. The number of thiophene rings is 1. The van der Waals surface area contributed by atoms with Crippen molar-refractivity contribution in [3.8, 4) is 16.5 Å². The molecule has 2 aromatic heterocycles. The fraction of sp³-hybridized carbons (Fsp3) is 0.458. The standard InChI is InChI=1S/C24H30N4O4S/c1-3-4-13-28(24(30)31)16-9-7-15(8-10-16)25-23(29)17-11-12-18(32-2)21-20(17)26-22(27-21)19-6-5-14-33-19/h5-6,11-12,14-16H,3-4,7-10,13H2,1-2H3,(H,25,29)(H,26,27)(H,30,31). The molecule has 3 aromatic rings. The van der Waals surface area contributed by atoms with Crippen LogP contribution < -0.4 is 10.1 Å². The van der Waals surface area contributed by atoms with Crippen molar-refractivity contribution >= 4 is 34.4 Å². The van der Waals surface area contributed by atoms with E-state index < -0.39 is 6.09 Å². The van der Waals surface area contributed by atoms with Crippen molar-refractivity contribution < 1.29 is 19.4 Å². The Kier molecular flexibility index (Phi) is 7.17. The maximum atomic E-state index is 13.2. The molecule has 3 N–H and O–H groups in total. The first-order chi connectivity index (χ1) is 16.0. The molecule has 0 spiro atoms. The number of aromatic nitrogens is 2. The zero-order valence-electron chi connectivity index (χ0n) is 19.0. The topological polar surface area (TPSA) is 108 Å². The van der Waals surface area contributed by atoms with Crippen LogP contribution in [0.3, 0.4) is 0 Å². The zero-order chi connectivity index (χ0) is 23.4. The molecule has 1 fully saturated rings. The lowest BCUT2D eigenvalue weighted by Gasteiger charge is -2.35. The minimum absolute atomic E-state index is 0.0171. The average molecular weight is 471 g/mol. The molecule has 176 valence electrons. The Hall–Kier alpha value is -3.07. The van der Waals surface area contributed by atoms with E-state index >= 15 is 0 Å². The highest BCUT2D eigenvalue weighted by Gasteiger charge is 2.29. The minimum Gasteiger partial charge on any atom is -0.494 e. The van der Waals surface area contributed by atoms with Crippen molar-refractivity contribution in [2.45, 2.75) is 57.5 Å². The quantitative estimate of drug-likeness (QED) is 0.423. The van der Waals surface area contributed by atoms with Crippen LogP contribution in [0, 0.1) is 0 Å². The minimum atomic E-state index is -0.850. The SMILES string of the molecule is CCCCN(C(=O)O)C1CCC(NC(=O)c2ccc(OC)c3[nH]c(-c4cccs4)nc23)CC1. The number of aromatic amines is 1. The number of methoxy groups -OCH3 is 1. The summed E-state index contributed by atoms with van der Waals surface area (Å²) in [4.78, 5) is 35.4. The number of hydrogen-bond acceptors (Lipinski definition) is 5. The molecule has 9 heteroatoms. The van der Waals surface area contributed by atoms with Gasteiger partial charge in [0.1, 0.15) is 22.6 Å². The van der Waals surface area contributed by atoms with E-state index in [2.05, 4.69) is 17.2 Å². The normalized spacial score (nSPS) is 18.2. The lowest BCUT2D eigenvalue weighted by molar-refractivity contribution is 0.0880. The molecule has 1 saturated carbocycles. The molecular formula is C24H30N4O4S. The lowest BCUT2D eigenvalue weighted by atomic mass is 9.90. The first-order valence-electron chi connectivity index (χ1n) is 11.4. The van der Waals surface area contributed by atoms with Crippen LogP contribution in [0.5, 0.6) is 5.75 Å². The summed E-state index contributed by atoms with van der Waals surface area (Å²) in [5.74, 6) is 1.18. The van der Waals surface area contributed by atoms with Gasteiger partial charge in [0.05, 0.1) is 17.6 Å². The lowest BCUT2D eigenvalue weighted by Crippen LogP contribution is -2.46. The third kappa shape index (κ3) is 4.98. The molecule has 33 heavy (non-hydrogen) atoms. The van der Waals surface area contributed by atoms with E-state index in [0.29, 0.717) is 34.7 Å². The molecular weight excluding hydrogens is 440 g/mol. The molecule has 0 bridgehead atoms. The highest BCUT2D eigenvalue weighted by Crippen LogP contribution is 2.32. The first-order valence-corrected chi connectivity index (χ1v) is 12.3. The summed E-state index contributed by atoms with van der Waals surface area (Å²) in [5, 5.41) is 14.7. The molecule has 0 atom stereocenters. The van der Waals surface area contributed by atoms with Gasteiger partial charge in [0.2, 0.25) is 0 Å².